The van der Waals surface area contributed by atoms with Crippen molar-refractivity contribution in [3.63, 3.8) is 0 Å². The Bertz CT molecular complexity index is 850. The topological polar surface area (TPSA) is 78.7 Å². The van der Waals surface area contributed by atoms with Crippen molar-refractivity contribution in [3.8, 4) is 5.69 Å². The maximum absolute atomic E-state index is 13.1. The molecule has 1 aliphatic rings. The van der Waals surface area contributed by atoms with Crippen LogP contribution in [-0.2, 0) is 4.79 Å². The predicted molar refractivity (Wildman–Crippen MR) is 102 cm³/mol. The van der Waals surface area contributed by atoms with Crippen LogP contribution >= 0.6 is 0 Å². The van der Waals surface area contributed by atoms with Gasteiger partial charge in [0.05, 0.1) is 29.7 Å². The maximum Gasteiger partial charge on any atom is 0.317 e. The number of likely N-dealkylation sites (N-methyl/N-ethyl adjacent to an activating group) is 1. The molecule has 1 aromatic heterocycles. The van der Waals surface area contributed by atoms with E-state index >= 15 is 0 Å². The van der Waals surface area contributed by atoms with E-state index in [2.05, 4.69) is 5.10 Å². The Hall–Kier alpha value is -2.74. The Balaban J connectivity index is 1.71. The van der Waals surface area contributed by atoms with Crippen molar-refractivity contribution in [1.82, 2.24) is 19.6 Å². The number of rotatable bonds is 5. The van der Waals surface area contributed by atoms with Crippen molar-refractivity contribution in [2.45, 2.75) is 32.2 Å². The Kier molecular flexibility index (Phi) is 6.08. The molecule has 1 N–H and O–H groups in total. The summed E-state index contributed by atoms with van der Waals surface area (Å²) in [7, 11) is 1.81. The van der Waals surface area contributed by atoms with Gasteiger partial charge in [-0.3, -0.25) is 14.5 Å². The Morgan fingerprint density at radius 3 is 2.64 bits per heavy atom. The third kappa shape index (κ3) is 4.39. The lowest BCUT2D eigenvalue weighted by Gasteiger charge is -2.25. The number of carboxylic acid groups (broad SMARTS) is 1. The minimum absolute atomic E-state index is 0.00214. The van der Waals surface area contributed by atoms with Gasteiger partial charge in [0.25, 0.3) is 5.91 Å². The van der Waals surface area contributed by atoms with Crippen molar-refractivity contribution in [2.75, 3.05) is 26.7 Å². The number of aromatic nitrogens is 2. The standard InChI is InChI=1S/C20H25FN4O3/c1-14-18(12-22-25(14)17-7-5-15(21)6-8-17)20(28)24-10-3-4-16(9-11-24)23(2)13-19(26)27/h5-8,12,16H,3-4,9-11,13H2,1-2H3,(H,26,27). The number of carbonyl (C=O) groups is 2. The van der Waals surface area contributed by atoms with Crippen molar-refractivity contribution >= 4 is 11.9 Å². The highest BCUT2D eigenvalue weighted by Crippen LogP contribution is 2.20. The number of amides is 1. The van der Waals surface area contributed by atoms with Gasteiger partial charge >= 0.3 is 5.97 Å². The van der Waals surface area contributed by atoms with E-state index in [1.54, 1.807) is 23.0 Å². The normalized spacial score (nSPS) is 17.6. The lowest BCUT2D eigenvalue weighted by atomic mass is 10.1. The molecule has 3 rings (SSSR count). The molecule has 28 heavy (non-hydrogen) atoms. The molecule has 8 heteroatoms. The van der Waals surface area contributed by atoms with Gasteiger partial charge in [0.1, 0.15) is 5.82 Å². The van der Waals surface area contributed by atoms with Gasteiger partial charge in [0.2, 0.25) is 0 Å². The zero-order valence-electron chi connectivity index (χ0n) is 16.1. The first-order chi connectivity index (χ1) is 13.4. The SMILES string of the molecule is Cc1c(C(=O)N2CCCC(N(C)CC(=O)O)CC2)cnn1-c1ccc(F)cc1. The molecular weight excluding hydrogens is 363 g/mol. The van der Waals surface area contributed by atoms with Gasteiger partial charge < -0.3 is 10.0 Å². The van der Waals surface area contributed by atoms with Crippen molar-refractivity contribution in [2.24, 2.45) is 0 Å². The van der Waals surface area contributed by atoms with Crippen LogP contribution in [0.4, 0.5) is 4.39 Å². The number of likely N-dealkylation sites (tertiary alicyclic amines) is 1. The number of halogens is 1. The van der Waals surface area contributed by atoms with Gasteiger partial charge in [0.15, 0.2) is 0 Å². The number of nitrogens with zero attached hydrogens (tertiary/aromatic N) is 4. The van der Waals surface area contributed by atoms with Gasteiger partial charge in [-0.1, -0.05) is 0 Å². The average Bonchev–Trinajstić information content (AvgIpc) is 2.88. The summed E-state index contributed by atoms with van der Waals surface area (Å²) < 4.78 is 14.8. The second kappa shape index (κ2) is 8.52. The van der Waals surface area contributed by atoms with E-state index in [1.165, 1.54) is 12.1 Å². The Morgan fingerprint density at radius 1 is 1.25 bits per heavy atom. The minimum atomic E-state index is -0.844. The first-order valence-electron chi connectivity index (χ1n) is 9.38. The number of carbonyl (C=O) groups excluding carboxylic acids is 1. The monoisotopic (exact) mass is 388 g/mol. The fraction of sp³-hybridized carbons (Fsp3) is 0.450. The molecule has 1 aliphatic heterocycles. The van der Waals surface area contributed by atoms with E-state index in [-0.39, 0.29) is 24.3 Å². The summed E-state index contributed by atoms with van der Waals surface area (Å²) >= 11 is 0. The number of carboxylic acids is 1. The molecule has 1 saturated heterocycles. The molecule has 1 aromatic carbocycles. The van der Waals surface area contributed by atoms with Crippen LogP contribution in [0.3, 0.4) is 0 Å². The van der Waals surface area contributed by atoms with Crippen molar-refractivity contribution < 1.29 is 19.1 Å². The van der Waals surface area contributed by atoms with E-state index < -0.39 is 5.97 Å². The third-order valence-corrected chi connectivity index (χ3v) is 5.30. The fourth-order valence-electron chi connectivity index (χ4n) is 3.70. The zero-order valence-corrected chi connectivity index (χ0v) is 16.1. The quantitative estimate of drug-likeness (QED) is 0.851. The van der Waals surface area contributed by atoms with Crippen LogP contribution in [0.15, 0.2) is 30.5 Å². The summed E-state index contributed by atoms with van der Waals surface area (Å²) in [5.41, 5.74) is 1.94. The van der Waals surface area contributed by atoms with Crippen molar-refractivity contribution in [3.05, 3.63) is 47.5 Å². The number of aliphatic carboxylic acids is 1. The van der Waals surface area contributed by atoms with Crippen molar-refractivity contribution in [1.29, 1.82) is 0 Å². The maximum atomic E-state index is 13.1. The second-order valence-corrected chi connectivity index (χ2v) is 7.22. The molecule has 1 unspecified atom stereocenters. The number of benzene rings is 1. The molecule has 2 heterocycles. The summed E-state index contributed by atoms with van der Waals surface area (Å²) in [6.07, 6.45) is 3.98. The molecule has 1 atom stereocenters. The summed E-state index contributed by atoms with van der Waals surface area (Å²) in [5.74, 6) is -1.24. The number of hydrogen-bond acceptors (Lipinski definition) is 4. The van der Waals surface area contributed by atoms with Gasteiger partial charge in [-0.05, 0) is 57.5 Å². The highest BCUT2D eigenvalue weighted by Gasteiger charge is 2.26. The van der Waals surface area contributed by atoms with Crippen LogP contribution in [-0.4, -0.2) is 69.3 Å². The molecule has 0 aliphatic carbocycles. The van der Waals surface area contributed by atoms with Gasteiger partial charge in [-0.15, -0.1) is 0 Å². The lowest BCUT2D eigenvalue weighted by molar-refractivity contribution is -0.138. The molecule has 0 spiro atoms. The summed E-state index contributed by atoms with van der Waals surface area (Å²) in [5, 5.41) is 13.3. The van der Waals surface area contributed by atoms with Gasteiger partial charge in [-0.2, -0.15) is 5.10 Å². The molecule has 7 nitrogen and oxygen atoms in total. The molecular formula is C20H25FN4O3. The molecule has 1 fully saturated rings. The van der Waals surface area contributed by atoms with Crippen LogP contribution in [0.25, 0.3) is 5.69 Å². The predicted octanol–water partition coefficient (Wildman–Crippen LogP) is 2.33. The smallest absolute Gasteiger partial charge is 0.317 e. The van der Waals surface area contributed by atoms with E-state index in [4.69, 9.17) is 5.11 Å². The van der Waals surface area contributed by atoms with Crippen LogP contribution < -0.4 is 0 Å². The molecule has 0 bridgehead atoms. The van der Waals surface area contributed by atoms with Gasteiger partial charge in [-0.25, -0.2) is 9.07 Å². The van der Waals surface area contributed by atoms with Crippen LogP contribution in [0.2, 0.25) is 0 Å². The average molecular weight is 388 g/mol. The number of hydrogen-bond donors (Lipinski definition) is 1. The molecule has 2 aromatic rings. The van der Waals surface area contributed by atoms with E-state index in [9.17, 15) is 14.0 Å². The van der Waals surface area contributed by atoms with Crippen LogP contribution in [0, 0.1) is 12.7 Å². The molecule has 0 radical (unpaired) electrons. The Labute approximate surface area is 163 Å². The largest absolute Gasteiger partial charge is 0.480 e. The fourth-order valence-corrected chi connectivity index (χ4v) is 3.70. The molecule has 150 valence electrons. The molecule has 1 amide bonds. The van der Waals surface area contributed by atoms with E-state index in [1.807, 2.05) is 23.8 Å². The van der Waals surface area contributed by atoms with Gasteiger partial charge in [0, 0.05) is 19.1 Å². The summed E-state index contributed by atoms with van der Waals surface area (Å²) in [6.45, 7) is 3.04. The van der Waals surface area contributed by atoms with E-state index in [0.29, 0.717) is 30.0 Å². The minimum Gasteiger partial charge on any atom is -0.480 e. The van der Waals surface area contributed by atoms with Crippen LogP contribution in [0.5, 0.6) is 0 Å². The highest BCUT2D eigenvalue weighted by atomic mass is 19.1. The highest BCUT2D eigenvalue weighted by molar-refractivity contribution is 5.95. The zero-order chi connectivity index (χ0) is 20.3. The Morgan fingerprint density at radius 2 is 1.96 bits per heavy atom. The molecule has 0 saturated carbocycles. The van der Waals surface area contributed by atoms with E-state index in [0.717, 1.165) is 19.3 Å². The first-order valence-corrected chi connectivity index (χ1v) is 9.38. The summed E-state index contributed by atoms with van der Waals surface area (Å²) in [6, 6.07) is 6.12. The van der Waals surface area contributed by atoms with Crippen LogP contribution in [0.1, 0.15) is 35.3 Å². The first kappa shape index (κ1) is 20.0. The second-order valence-electron chi connectivity index (χ2n) is 7.22. The lowest BCUT2D eigenvalue weighted by Crippen LogP contribution is -2.37. The summed E-state index contributed by atoms with van der Waals surface area (Å²) in [4.78, 5) is 27.6. The third-order valence-electron chi connectivity index (χ3n) is 5.30.